The second-order valence-corrected chi connectivity index (χ2v) is 6.08. The van der Waals surface area contributed by atoms with Gasteiger partial charge >= 0.3 is 5.97 Å². The molecule has 0 aliphatic rings. The van der Waals surface area contributed by atoms with Crippen molar-refractivity contribution in [3.8, 4) is 23.0 Å². The topological polar surface area (TPSA) is 80.3 Å². The molecule has 0 saturated heterocycles. The van der Waals surface area contributed by atoms with Crippen LogP contribution < -0.4 is 18.9 Å². The van der Waals surface area contributed by atoms with Crippen molar-refractivity contribution in [1.82, 2.24) is 0 Å². The molecule has 0 bridgehead atoms. The molecule has 0 radical (unpaired) electrons. The zero-order valence-corrected chi connectivity index (χ0v) is 17.2. The lowest BCUT2D eigenvalue weighted by Crippen LogP contribution is -2.13. The number of hydrogen-bond donors (Lipinski definition) is 0. The van der Waals surface area contributed by atoms with E-state index in [1.165, 1.54) is 40.6 Å². The van der Waals surface area contributed by atoms with Crippen LogP contribution >= 0.6 is 11.6 Å². The molecule has 0 amide bonds. The molecule has 0 heterocycles. The molecular weight excluding hydrogens is 400 g/mol. The molecule has 154 valence electrons. The number of halogens is 1. The molecular formula is C21H21ClO7. The van der Waals surface area contributed by atoms with E-state index in [0.29, 0.717) is 33.6 Å². The smallest absolute Gasteiger partial charge is 0.331 e. The third-order valence-corrected chi connectivity index (χ3v) is 4.20. The highest BCUT2D eigenvalue weighted by Gasteiger charge is 2.15. The van der Waals surface area contributed by atoms with Crippen LogP contribution in [0.2, 0.25) is 5.02 Å². The van der Waals surface area contributed by atoms with E-state index in [0.717, 1.165) is 0 Å². The van der Waals surface area contributed by atoms with Gasteiger partial charge in [-0.1, -0.05) is 11.6 Å². The molecule has 0 unspecified atom stereocenters. The van der Waals surface area contributed by atoms with Crippen molar-refractivity contribution in [2.24, 2.45) is 0 Å². The van der Waals surface area contributed by atoms with E-state index in [-0.39, 0.29) is 5.56 Å². The first-order chi connectivity index (χ1) is 13.9. The van der Waals surface area contributed by atoms with Crippen LogP contribution in [0.25, 0.3) is 6.08 Å². The van der Waals surface area contributed by atoms with Gasteiger partial charge in [0.25, 0.3) is 0 Å². The zero-order chi connectivity index (χ0) is 21.4. The van der Waals surface area contributed by atoms with Gasteiger partial charge in [-0.3, -0.25) is 4.79 Å². The summed E-state index contributed by atoms with van der Waals surface area (Å²) < 4.78 is 25.7. The molecule has 0 aliphatic heterocycles. The summed E-state index contributed by atoms with van der Waals surface area (Å²) in [5.74, 6) is 0.618. The van der Waals surface area contributed by atoms with Crippen LogP contribution in [0.15, 0.2) is 36.4 Å². The van der Waals surface area contributed by atoms with E-state index in [1.807, 2.05) is 0 Å². The largest absolute Gasteiger partial charge is 0.497 e. The van der Waals surface area contributed by atoms with Crippen molar-refractivity contribution in [2.45, 2.75) is 0 Å². The summed E-state index contributed by atoms with van der Waals surface area (Å²) in [6.07, 6.45) is 2.69. The third-order valence-electron chi connectivity index (χ3n) is 3.92. The second-order valence-electron chi connectivity index (χ2n) is 5.67. The van der Waals surface area contributed by atoms with Crippen LogP contribution in [0.3, 0.4) is 0 Å². The minimum absolute atomic E-state index is 0.289. The summed E-state index contributed by atoms with van der Waals surface area (Å²) in [5, 5.41) is 0.335. The van der Waals surface area contributed by atoms with Crippen LogP contribution in [0.5, 0.6) is 23.0 Å². The van der Waals surface area contributed by atoms with Crippen LogP contribution in [-0.2, 0) is 9.53 Å². The van der Waals surface area contributed by atoms with Crippen molar-refractivity contribution < 1.29 is 33.3 Å². The van der Waals surface area contributed by atoms with Gasteiger partial charge < -0.3 is 23.7 Å². The summed E-state index contributed by atoms with van der Waals surface area (Å²) in [5.41, 5.74) is 0.893. The number of ketones is 1. The highest BCUT2D eigenvalue weighted by atomic mass is 35.5. The number of methoxy groups -OCH3 is 4. The van der Waals surface area contributed by atoms with E-state index in [1.54, 1.807) is 30.3 Å². The van der Waals surface area contributed by atoms with Gasteiger partial charge in [-0.25, -0.2) is 4.79 Å². The fraction of sp³-hybridized carbons (Fsp3) is 0.238. The quantitative estimate of drug-likeness (QED) is 0.346. The lowest BCUT2D eigenvalue weighted by molar-refractivity contribution is -0.136. The van der Waals surface area contributed by atoms with Gasteiger partial charge in [0.15, 0.2) is 18.1 Å². The molecule has 29 heavy (non-hydrogen) atoms. The molecule has 2 aromatic rings. The average molecular weight is 421 g/mol. The molecule has 0 fully saturated rings. The van der Waals surface area contributed by atoms with Crippen molar-refractivity contribution in [2.75, 3.05) is 35.0 Å². The summed E-state index contributed by atoms with van der Waals surface area (Å²) >= 11 is 6.13. The Labute approximate surface area is 173 Å². The molecule has 8 heteroatoms. The van der Waals surface area contributed by atoms with E-state index < -0.39 is 18.4 Å². The Morgan fingerprint density at radius 3 is 2.28 bits per heavy atom. The molecule has 0 aliphatic carbocycles. The average Bonchev–Trinajstić information content (AvgIpc) is 2.74. The van der Waals surface area contributed by atoms with Gasteiger partial charge in [0.2, 0.25) is 5.78 Å². The fourth-order valence-electron chi connectivity index (χ4n) is 2.49. The summed E-state index contributed by atoms with van der Waals surface area (Å²) in [6.45, 7) is -0.432. The number of ether oxygens (including phenoxy) is 5. The summed E-state index contributed by atoms with van der Waals surface area (Å²) in [6, 6.07) is 8.02. The minimum Gasteiger partial charge on any atom is -0.497 e. The summed E-state index contributed by atoms with van der Waals surface area (Å²) in [4.78, 5) is 24.3. The molecule has 7 nitrogen and oxygen atoms in total. The van der Waals surface area contributed by atoms with Gasteiger partial charge in [0.05, 0.1) is 39.0 Å². The first kappa shape index (κ1) is 22.1. The van der Waals surface area contributed by atoms with Gasteiger partial charge in [0, 0.05) is 12.1 Å². The SMILES string of the molecule is COc1ccc(C(=O)COC(=O)/C=C/c2cc(Cl)c(OC)c(OC)c2)c(OC)c1. The van der Waals surface area contributed by atoms with Crippen LogP contribution in [0, 0.1) is 0 Å². The number of Topliss-reactive ketones (excluding diaryl/α,β-unsaturated/α-hetero) is 1. The molecule has 0 spiro atoms. The number of rotatable bonds is 9. The first-order valence-corrected chi connectivity index (χ1v) is 8.82. The Morgan fingerprint density at radius 2 is 1.66 bits per heavy atom. The zero-order valence-electron chi connectivity index (χ0n) is 16.5. The molecule has 0 atom stereocenters. The van der Waals surface area contributed by atoms with Crippen LogP contribution in [-0.4, -0.2) is 46.8 Å². The molecule has 0 saturated carbocycles. The van der Waals surface area contributed by atoms with Crippen molar-refractivity contribution in [3.63, 3.8) is 0 Å². The Hall–Kier alpha value is -3.19. The maximum Gasteiger partial charge on any atom is 0.331 e. The maximum atomic E-state index is 12.3. The monoisotopic (exact) mass is 420 g/mol. The van der Waals surface area contributed by atoms with Crippen LogP contribution in [0.4, 0.5) is 0 Å². The van der Waals surface area contributed by atoms with E-state index in [4.69, 9.17) is 35.3 Å². The molecule has 2 rings (SSSR count). The maximum absolute atomic E-state index is 12.3. The number of esters is 1. The Kier molecular flexibility index (Phi) is 7.91. The summed E-state index contributed by atoms with van der Waals surface area (Å²) in [7, 11) is 5.91. The number of benzene rings is 2. The van der Waals surface area contributed by atoms with Crippen LogP contribution in [0.1, 0.15) is 15.9 Å². The van der Waals surface area contributed by atoms with Gasteiger partial charge in [0.1, 0.15) is 11.5 Å². The standard InChI is InChI=1S/C21H21ClO7/c1-25-14-6-7-15(18(11-14)26-2)17(23)12-29-20(24)8-5-13-9-16(22)21(28-4)19(10-13)27-3/h5-11H,12H2,1-4H3/b8-5+. The number of hydrogen-bond acceptors (Lipinski definition) is 7. The minimum atomic E-state index is -0.684. The van der Waals surface area contributed by atoms with E-state index >= 15 is 0 Å². The van der Waals surface area contributed by atoms with Gasteiger partial charge in [-0.2, -0.15) is 0 Å². The van der Waals surface area contributed by atoms with Crippen molar-refractivity contribution in [1.29, 1.82) is 0 Å². The number of carbonyl (C=O) groups excluding carboxylic acids is 2. The predicted octanol–water partition coefficient (Wildman–Crippen LogP) is 3.81. The van der Waals surface area contributed by atoms with E-state index in [9.17, 15) is 9.59 Å². The van der Waals surface area contributed by atoms with Gasteiger partial charge in [-0.05, 0) is 35.9 Å². The van der Waals surface area contributed by atoms with E-state index in [2.05, 4.69) is 0 Å². The second kappa shape index (κ2) is 10.4. The number of carbonyl (C=O) groups is 2. The highest BCUT2D eigenvalue weighted by Crippen LogP contribution is 2.36. The lowest BCUT2D eigenvalue weighted by Gasteiger charge is -2.10. The fourth-order valence-corrected chi connectivity index (χ4v) is 2.79. The van der Waals surface area contributed by atoms with Crippen molar-refractivity contribution in [3.05, 3.63) is 52.6 Å². The molecule has 0 aromatic heterocycles. The highest BCUT2D eigenvalue weighted by molar-refractivity contribution is 6.32. The normalized spacial score (nSPS) is 10.5. The molecule has 2 aromatic carbocycles. The Morgan fingerprint density at radius 1 is 0.931 bits per heavy atom. The Balaban J connectivity index is 2.03. The molecule has 0 N–H and O–H groups in total. The third kappa shape index (κ3) is 5.65. The van der Waals surface area contributed by atoms with Crippen molar-refractivity contribution >= 4 is 29.4 Å². The van der Waals surface area contributed by atoms with Gasteiger partial charge in [-0.15, -0.1) is 0 Å². The predicted molar refractivity (Wildman–Crippen MR) is 108 cm³/mol. The Bertz CT molecular complexity index is 921. The first-order valence-electron chi connectivity index (χ1n) is 8.45. The lowest BCUT2D eigenvalue weighted by atomic mass is 10.1.